The molecule has 1 aromatic rings. The van der Waals surface area contributed by atoms with E-state index in [1.54, 1.807) is 18.2 Å². The van der Waals surface area contributed by atoms with Gasteiger partial charge in [-0.1, -0.05) is 42.6 Å². The Morgan fingerprint density at radius 1 is 1.44 bits per heavy atom. The molecule has 0 heterocycles. The Balaban J connectivity index is 2.76. The van der Waals surface area contributed by atoms with Crippen molar-refractivity contribution in [2.24, 2.45) is 0 Å². The van der Waals surface area contributed by atoms with Gasteiger partial charge < -0.3 is 0 Å². The van der Waals surface area contributed by atoms with Crippen LogP contribution in [-0.2, 0) is 0 Å². The number of benzene rings is 1. The molecule has 0 bridgehead atoms. The van der Waals surface area contributed by atoms with Crippen molar-refractivity contribution < 1.29 is 0 Å². The van der Waals surface area contributed by atoms with Gasteiger partial charge >= 0.3 is 0 Å². The highest BCUT2D eigenvalue weighted by molar-refractivity contribution is 6.35. The molecule has 1 aromatic carbocycles. The molecule has 0 aliphatic rings. The van der Waals surface area contributed by atoms with E-state index in [2.05, 4.69) is 18.3 Å². The van der Waals surface area contributed by atoms with Crippen molar-refractivity contribution in [3.63, 3.8) is 0 Å². The third kappa shape index (κ3) is 3.68. The van der Waals surface area contributed by atoms with Crippen LogP contribution in [0.15, 0.2) is 18.2 Å². The molecule has 0 aliphatic carbocycles. The van der Waals surface area contributed by atoms with Crippen LogP contribution in [-0.4, -0.2) is 6.54 Å². The Kier molecular flexibility index (Phi) is 5.62. The predicted octanol–water partition coefficient (Wildman–Crippen LogP) is 3.95. The largest absolute Gasteiger partial charge is 0.298 e. The van der Waals surface area contributed by atoms with E-state index >= 15 is 0 Å². The molecule has 1 rings (SSSR count). The zero-order valence-corrected chi connectivity index (χ0v) is 10.6. The molecule has 1 atom stereocenters. The highest BCUT2D eigenvalue weighted by Gasteiger charge is 2.13. The standard InChI is InChI=1S/C12H14Cl2N2/c1-2-3-6-16-12(8-15)10-5-4-9(13)7-11(10)14/h4-5,7,12,16H,2-3,6H2,1H3. The average Bonchev–Trinajstić information content (AvgIpc) is 2.26. The maximum absolute atomic E-state index is 9.07. The van der Waals surface area contributed by atoms with Crippen molar-refractivity contribution in [1.29, 1.82) is 5.26 Å². The van der Waals surface area contributed by atoms with Crippen molar-refractivity contribution in [1.82, 2.24) is 5.32 Å². The molecule has 0 radical (unpaired) electrons. The third-order valence-electron chi connectivity index (χ3n) is 2.28. The topological polar surface area (TPSA) is 35.8 Å². The number of nitrogens with zero attached hydrogens (tertiary/aromatic N) is 1. The van der Waals surface area contributed by atoms with E-state index < -0.39 is 0 Å². The minimum absolute atomic E-state index is 0.365. The quantitative estimate of drug-likeness (QED) is 0.811. The Bertz CT molecular complexity index is 385. The lowest BCUT2D eigenvalue weighted by Crippen LogP contribution is -2.21. The molecule has 2 nitrogen and oxygen atoms in total. The highest BCUT2D eigenvalue weighted by Crippen LogP contribution is 2.25. The van der Waals surface area contributed by atoms with Crippen LogP contribution in [0.2, 0.25) is 10.0 Å². The first-order chi connectivity index (χ1) is 7.69. The van der Waals surface area contributed by atoms with E-state index in [-0.39, 0.29) is 6.04 Å². The Morgan fingerprint density at radius 2 is 2.19 bits per heavy atom. The van der Waals surface area contributed by atoms with Gasteiger partial charge in [-0.15, -0.1) is 0 Å². The second-order valence-corrected chi connectivity index (χ2v) is 4.38. The molecule has 0 fully saturated rings. The third-order valence-corrected chi connectivity index (χ3v) is 2.84. The molecule has 86 valence electrons. The summed E-state index contributed by atoms with van der Waals surface area (Å²) < 4.78 is 0. The van der Waals surface area contributed by atoms with Crippen LogP contribution in [0.25, 0.3) is 0 Å². The number of nitriles is 1. The van der Waals surface area contributed by atoms with E-state index in [0.29, 0.717) is 10.0 Å². The fourth-order valence-electron chi connectivity index (χ4n) is 1.38. The van der Waals surface area contributed by atoms with Gasteiger partial charge in [-0.3, -0.25) is 5.32 Å². The zero-order chi connectivity index (χ0) is 12.0. The molecule has 4 heteroatoms. The fourth-order valence-corrected chi connectivity index (χ4v) is 1.90. The molecular formula is C12H14Cl2N2. The summed E-state index contributed by atoms with van der Waals surface area (Å²) in [5, 5.41) is 13.3. The lowest BCUT2D eigenvalue weighted by molar-refractivity contribution is 0.598. The van der Waals surface area contributed by atoms with Crippen LogP contribution in [0.5, 0.6) is 0 Å². The molecule has 1 unspecified atom stereocenters. The molecule has 0 amide bonds. The van der Waals surface area contributed by atoms with Gasteiger partial charge in [0.05, 0.1) is 6.07 Å². The van der Waals surface area contributed by atoms with Crippen LogP contribution >= 0.6 is 23.2 Å². The van der Waals surface area contributed by atoms with Crippen molar-refractivity contribution in [2.75, 3.05) is 6.54 Å². The summed E-state index contributed by atoms with van der Waals surface area (Å²) in [7, 11) is 0. The predicted molar refractivity (Wildman–Crippen MR) is 67.7 cm³/mol. The van der Waals surface area contributed by atoms with Crippen LogP contribution in [0.1, 0.15) is 31.4 Å². The van der Waals surface area contributed by atoms with Crippen molar-refractivity contribution in [2.45, 2.75) is 25.8 Å². The van der Waals surface area contributed by atoms with Gasteiger partial charge in [0.15, 0.2) is 0 Å². The molecule has 1 N–H and O–H groups in total. The van der Waals surface area contributed by atoms with Gasteiger partial charge in [0.25, 0.3) is 0 Å². The summed E-state index contributed by atoms with van der Waals surface area (Å²) in [6.07, 6.45) is 2.14. The smallest absolute Gasteiger partial charge is 0.122 e. The van der Waals surface area contributed by atoms with Crippen LogP contribution in [0.4, 0.5) is 0 Å². The normalized spacial score (nSPS) is 12.1. The van der Waals surface area contributed by atoms with E-state index in [9.17, 15) is 0 Å². The minimum atomic E-state index is -0.365. The minimum Gasteiger partial charge on any atom is -0.298 e. The second kappa shape index (κ2) is 6.75. The summed E-state index contributed by atoms with van der Waals surface area (Å²) in [4.78, 5) is 0. The first-order valence-corrected chi connectivity index (χ1v) is 6.02. The highest BCUT2D eigenvalue weighted by atomic mass is 35.5. The number of nitrogens with one attached hydrogen (secondary N) is 1. The van der Waals surface area contributed by atoms with Gasteiger partial charge in [-0.2, -0.15) is 5.26 Å². The van der Waals surface area contributed by atoms with E-state index in [0.717, 1.165) is 24.9 Å². The number of hydrogen-bond acceptors (Lipinski definition) is 2. The SMILES string of the molecule is CCCCNC(C#N)c1ccc(Cl)cc1Cl. The van der Waals surface area contributed by atoms with E-state index in [4.69, 9.17) is 28.5 Å². The van der Waals surface area contributed by atoms with Gasteiger partial charge in [0.1, 0.15) is 6.04 Å². The summed E-state index contributed by atoms with van der Waals surface area (Å²) in [5.74, 6) is 0. The number of unbranched alkanes of at least 4 members (excludes halogenated alkanes) is 1. The maximum atomic E-state index is 9.07. The van der Waals surface area contributed by atoms with Gasteiger partial charge in [0, 0.05) is 15.6 Å². The lowest BCUT2D eigenvalue weighted by Gasteiger charge is -2.13. The van der Waals surface area contributed by atoms with Gasteiger partial charge in [-0.25, -0.2) is 0 Å². The van der Waals surface area contributed by atoms with E-state index in [1.807, 2.05) is 0 Å². The molecule has 16 heavy (non-hydrogen) atoms. The van der Waals surface area contributed by atoms with Gasteiger partial charge in [0.2, 0.25) is 0 Å². The molecular weight excluding hydrogens is 243 g/mol. The Hall–Kier alpha value is -0.750. The molecule has 0 saturated heterocycles. The van der Waals surface area contributed by atoms with E-state index in [1.165, 1.54) is 0 Å². The van der Waals surface area contributed by atoms with Crippen LogP contribution in [0.3, 0.4) is 0 Å². The second-order valence-electron chi connectivity index (χ2n) is 3.54. The lowest BCUT2D eigenvalue weighted by atomic mass is 10.1. The maximum Gasteiger partial charge on any atom is 0.122 e. The Labute approximate surface area is 106 Å². The van der Waals surface area contributed by atoms with Crippen LogP contribution < -0.4 is 5.32 Å². The molecule has 0 aromatic heterocycles. The monoisotopic (exact) mass is 256 g/mol. The zero-order valence-electron chi connectivity index (χ0n) is 9.13. The molecule has 0 aliphatic heterocycles. The summed E-state index contributed by atoms with van der Waals surface area (Å²) in [6.45, 7) is 2.92. The van der Waals surface area contributed by atoms with Crippen LogP contribution in [0, 0.1) is 11.3 Å². The number of rotatable bonds is 5. The average molecular weight is 257 g/mol. The molecule has 0 spiro atoms. The summed E-state index contributed by atoms with van der Waals surface area (Å²) in [5.41, 5.74) is 0.782. The van der Waals surface area contributed by atoms with Gasteiger partial charge in [-0.05, 0) is 25.1 Å². The number of hydrogen-bond donors (Lipinski definition) is 1. The first kappa shape index (κ1) is 13.3. The van der Waals surface area contributed by atoms with Crippen molar-refractivity contribution in [3.05, 3.63) is 33.8 Å². The Morgan fingerprint density at radius 3 is 2.75 bits per heavy atom. The first-order valence-electron chi connectivity index (χ1n) is 5.27. The van der Waals surface area contributed by atoms with Crippen molar-refractivity contribution >= 4 is 23.2 Å². The molecule has 0 saturated carbocycles. The van der Waals surface area contributed by atoms with Crippen molar-refractivity contribution in [3.8, 4) is 6.07 Å². The number of halogens is 2. The summed E-state index contributed by atoms with van der Waals surface area (Å²) in [6, 6.07) is 7.03. The fraction of sp³-hybridized carbons (Fsp3) is 0.417. The summed E-state index contributed by atoms with van der Waals surface area (Å²) >= 11 is 11.8.